The van der Waals surface area contributed by atoms with Crippen molar-refractivity contribution < 1.29 is 14.0 Å². The summed E-state index contributed by atoms with van der Waals surface area (Å²) in [6.07, 6.45) is 0. The minimum Gasteiger partial charge on any atom is -0.326 e. The molecule has 118 valence electrons. The molecule has 0 saturated carbocycles. The predicted octanol–water partition coefficient (Wildman–Crippen LogP) is 3.15. The molecule has 0 unspecified atom stereocenters. The number of urea groups is 1. The minimum atomic E-state index is -0.510. The highest BCUT2D eigenvalue weighted by atomic mass is 32.1. The van der Waals surface area contributed by atoms with Gasteiger partial charge in [-0.2, -0.15) is 0 Å². The molecule has 1 aliphatic heterocycles. The number of allylic oxidation sites excluding steroid dienone is 1. The molecule has 0 fully saturated rings. The van der Waals surface area contributed by atoms with Crippen LogP contribution in [0.2, 0.25) is 0 Å². The Bertz CT molecular complexity index is 769. The zero-order valence-electron chi connectivity index (χ0n) is 12.2. The third-order valence-corrected chi connectivity index (χ3v) is 4.38. The van der Waals surface area contributed by atoms with Crippen LogP contribution in [0.5, 0.6) is 0 Å². The fraction of sp³-hybridized carbons (Fsp3) is 0.125. The molecule has 1 aromatic heterocycles. The summed E-state index contributed by atoms with van der Waals surface area (Å²) in [5.41, 5.74) is 1.40. The second-order valence-corrected chi connectivity index (χ2v) is 6.03. The Morgan fingerprint density at radius 2 is 2.00 bits per heavy atom. The Morgan fingerprint density at radius 1 is 1.26 bits per heavy atom. The van der Waals surface area contributed by atoms with Crippen molar-refractivity contribution >= 4 is 29.0 Å². The van der Waals surface area contributed by atoms with Crippen molar-refractivity contribution in [2.75, 3.05) is 5.32 Å². The highest BCUT2D eigenvalue weighted by Gasteiger charge is 2.31. The van der Waals surface area contributed by atoms with Crippen molar-refractivity contribution in [3.63, 3.8) is 0 Å². The maximum atomic E-state index is 13.0. The smallest absolute Gasteiger partial charge is 0.319 e. The van der Waals surface area contributed by atoms with Crippen molar-refractivity contribution in [2.24, 2.45) is 0 Å². The zero-order chi connectivity index (χ0) is 16.4. The van der Waals surface area contributed by atoms with Gasteiger partial charge in [0.15, 0.2) is 0 Å². The van der Waals surface area contributed by atoms with Gasteiger partial charge in [-0.25, -0.2) is 9.18 Å². The summed E-state index contributed by atoms with van der Waals surface area (Å²) in [5, 5.41) is 9.98. The molecule has 1 aromatic carbocycles. The van der Waals surface area contributed by atoms with Gasteiger partial charge in [0.2, 0.25) is 0 Å². The Kier molecular flexibility index (Phi) is 4.12. The molecule has 0 aliphatic carbocycles. The van der Waals surface area contributed by atoms with Crippen LogP contribution in [0.25, 0.3) is 0 Å². The summed E-state index contributed by atoms with van der Waals surface area (Å²) in [4.78, 5) is 25.2. The molecule has 0 saturated heterocycles. The molecular formula is C16H14FN3O2S. The number of nitrogens with one attached hydrogen (secondary N) is 3. The Hall–Kier alpha value is -2.67. The van der Waals surface area contributed by atoms with E-state index in [1.807, 2.05) is 17.5 Å². The fourth-order valence-corrected chi connectivity index (χ4v) is 3.18. The lowest BCUT2D eigenvalue weighted by Crippen LogP contribution is -2.45. The van der Waals surface area contributed by atoms with Crippen LogP contribution in [-0.4, -0.2) is 11.9 Å². The maximum absolute atomic E-state index is 13.0. The van der Waals surface area contributed by atoms with Gasteiger partial charge in [0.1, 0.15) is 5.82 Å². The summed E-state index contributed by atoms with van der Waals surface area (Å²) >= 11 is 1.46. The Labute approximate surface area is 136 Å². The molecule has 1 atom stereocenters. The van der Waals surface area contributed by atoms with Crippen molar-refractivity contribution in [2.45, 2.75) is 13.0 Å². The van der Waals surface area contributed by atoms with E-state index in [0.717, 1.165) is 4.88 Å². The lowest BCUT2D eigenvalue weighted by molar-refractivity contribution is -0.113. The van der Waals surface area contributed by atoms with Crippen LogP contribution in [0.15, 0.2) is 53.0 Å². The molecule has 2 aromatic rings. The zero-order valence-corrected chi connectivity index (χ0v) is 13.0. The molecule has 0 bridgehead atoms. The first kappa shape index (κ1) is 15.2. The van der Waals surface area contributed by atoms with Gasteiger partial charge in [-0.3, -0.25) is 4.79 Å². The number of halogens is 1. The van der Waals surface area contributed by atoms with Crippen LogP contribution >= 0.6 is 11.3 Å². The molecule has 1 aliphatic rings. The lowest BCUT2D eigenvalue weighted by atomic mass is 10.0. The summed E-state index contributed by atoms with van der Waals surface area (Å²) in [7, 11) is 0. The molecule has 23 heavy (non-hydrogen) atoms. The predicted molar refractivity (Wildman–Crippen MR) is 86.5 cm³/mol. The first-order valence-electron chi connectivity index (χ1n) is 6.93. The molecule has 7 heteroatoms. The van der Waals surface area contributed by atoms with Crippen molar-refractivity contribution in [3.05, 3.63) is 63.7 Å². The number of amides is 3. The number of benzene rings is 1. The molecular weight excluding hydrogens is 317 g/mol. The molecule has 0 radical (unpaired) electrons. The summed E-state index contributed by atoms with van der Waals surface area (Å²) < 4.78 is 13.0. The Balaban J connectivity index is 1.90. The largest absolute Gasteiger partial charge is 0.326 e. The average Bonchev–Trinajstić information content (AvgIpc) is 3.03. The molecule has 0 spiro atoms. The SMILES string of the molecule is CC1=C(C(=O)Nc2ccc(F)cc2)[C@@H](c2cccs2)NC(=O)N1. The molecule has 2 heterocycles. The number of hydrogen-bond donors (Lipinski definition) is 3. The maximum Gasteiger partial charge on any atom is 0.319 e. The van der Waals surface area contributed by atoms with Gasteiger partial charge in [0.25, 0.3) is 5.91 Å². The van der Waals surface area contributed by atoms with E-state index in [-0.39, 0.29) is 17.8 Å². The topological polar surface area (TPSA) is 70.2 Å². The molecule has 5 nitrogen and oxygen atoms in total. The third-order valence-electron chi connectivity index (χ3n) is 3.44. The molecule has 3 rings (SSSR count). The van der Waals surface area contributed by atoms with E-state index in [1.54, 1.807) is 6.92 Å². The van der Waals surface area contributed by atoms with Crippen LogP contribution in [0.1, 0.15) is 17.8 Å². The van der Waals surface area contributed by atoms with E-state index in [4.69, 9.17) is 0 Å². The van der Waals surface area contributed by atoms with Crippen LogP contribution in [0.3, 0.4) is 0 Å². The average molecular weight is 331 g/mol. The number of carbonyl (C=O) groups is 2. The molecule has 3 N–H and O–H groups in total. The number of rotatable bonds is 3. The highest BCUT2D eigenvalue weighted by Crippen LogP contribution is 2.30. The number of thiophene rings is 1. The van der Waals surface area contributed by atoms with Gasteiger partial charge in [-0.15, -0.1) is 11.3 Å². The lowest BCUT2D eigenvalue weighted by Gasteiger charge is -2.27. The quantitative estimate of drug-likeness (QED) is 0.808. The standard InChI is InChI=1S/C16H14FN3O2S/c1-9-13(15(21)19-11-6-4-10(17)5-7-11)14(20-16(22)18-9)12-3-2-8-23-12/h2-8,14H,1H3,(H,19,21)(H2,18,20,22)/t14-/m1/s1. The second-order valence-electron chi connectivity index (χ2n) is 5.05. The van der Waals surface area contributed by atoms with Crippen molar-refractivity contribution in [1.82, 2.24) is 10.6 Å². The summed E-state index contributed by atoms with van der Waals surface area (Å²) in [6, 6.07) is 8.38. The van der Waals surface area contributed by atoms with Gasteiger partial charge in [0.05, 0.1) is 11.6 Å². The van der Waals surface area contributed by atoms with Crippen LogP contribution in [0, 0.1) is 5.82 Å². The van der Waals surface area contributed by atoms with E-state index < -0.39 is 6.04 Å². The van der Waals surface area contributed by atoms with Gasteiger partial charge < -0.3 is 16.0 Å². The normalized spacial score (nSPS) is 17.5. The number of hydrogen-bond acceptors (Lipinski definition) is 3. The van der Waals surface area contributed by atoms with Gasteiger partial charge in [-0.1, -0.05) is 6.07 Å². The summed E-state index contributed by atoms with van der Waals surface area (Å²) in [6.45, 7) is 1.68. The van der Waals surface area contributed by atoms with E-state index >= 15 is 0 Å². The third kappa shape index (κ3) is 3.24. The fourth-order valence-electron chi connectivity index (χ4n) is 2.40. The first-order chi connectivity index (χ1) is 11.0. The van der Waals surface area contributed by atoms with Crippen LogP contribution in [0.4, 0.5) is 14.9 Å². The van der Waals surface area contributed by atoms with Gasteiger partial charge in [-0.05, 0) is 42.6 Å². The van der Waals surface area contributed by atoms with Crippen LogP contribution in [-0.2, 0) is 4.79 Å². The van der Waals surface area contributed by atoms with E-state index in [9.17, 15) is 14.0 Å². The van der Waals surface area contributed by atoms with Crippen molar-refractivity contribution in [3.8, 4) is 0 Å². The first-order valence-corrected chi connectivity index (χ1v) is 7.81. The minimum absolute atomic E-state index is 0.347. The van der Waals surface area contributed by atoms with E-state index in [1.165, 1.54) is 35.6 Å². The summed E-state index contributed by atoms with van der Waals surface area (Å²) in [5.74, 6) is -0.721. The van der Waals surface area contributed by atoms with Gasteiger partial charge >= 0.3 is 6.03 Å². The number of anilines is 1. The molecule has 3 amide bonds. The highest BCUT2D eigenvalue weighted by molar-refractivity contribution is 7.10. The van der Waals surface area contributed by atoms with Crippen LogP contribution < -0.4 is 16.0 Å². The second kappa shape index (κ2) is 6.21. The van der Waals surface area contributed by atoms with E-state index in [2.05, 4.69) is 16.0 Å². The van der Waals surface area contributed by atoms with Gasteiger partial charge in [0, 0.05) is 16.3 Å². The van der Waals surface area contributed by atoms with Crippen molar-refractivity contribution in [1.29, 1.82) is 0 Å². The Morgan fingerprint density at radius 3 is 2.65 bits per heavy atom. The monoisotopic (exact) mass is 331 g/mol. The number of carbonyl (C=O) groups excluding carboxylic acids is 2. The van der Waals surface area contributed by atoms with E-state index in [0.29, 0.717) is 17.0 Å².